The Morgan fingerprint density at radius 1 is 1.29 bits per heavy atom. The highest BCUT2D eigenvalue weighted by molar-refractivity contribution is 7.52. The Bertz CT molecular complexity index is 358. The molecular formula is C9H12NO3P. The second kappa shape index (κ2) is 4.53. The van der Waals surface area contributed by atoms with Gasteiger partial charge < -0.3 is 15.5 Å². The zero-order valence-electron chi connectivity index (χ0n) is 7.45. The van der Waals surface area contributed by atoms with Gasteiger partial charge in [-0.15, -0.1) is 0 Å². The van der Waals surface area contributed by atoms with Crippen molar-refractivity contribution < 1.29 is 14.4 Å². The molecule has 0 fully saturated rings. The van der Waals surface area contributed by atoms with E-state index in [1.807, 2.05) is 30.3 Å². The van der Waals surface area contributed by atoms with E-state index in [9.17, 15) is 4.57 Å². The van der Waals surface area contributed by atoms with Crippen molar-refractivity contribution in [1.82, 2.24) is 0 Å². The van der Waals surface area contributed by atoms with Gasteiger partial charge in [-0.25, -0.2) is 0 Å². The molecule has 0 aliphatic heterocycles. The molecule has 0 radical (unpaired) electrons. The maximum absolute atomic E-state index is 10.7. The number of hydrogen-bond donors (Lipinski definition) is 3. The summed E-state index contributed by atoms with van der Waals surface area (Å²) >= 11 is 0. The van der Waals surface area contributed by atoms with Crippen molar-refractivity contribution in [1.29, 1.82) is 0 Å². The van der Waals surface area contributed by atoms with Gasteiger partial charge in [0, 0.05) is 0 Å². The van der Waals surface area contributed by atoms with Crippen LogP contribution < -0.4 is 5.73 Å². The van der Waals surface area contributed by atoms with Crippen LogP contribution in [0.1, 0.15) is 5.56 Å². The molecule has 14 heavy (non-hydrogen) atoms. The summed E-state index contributed by atoms with van der Waals surface area (Å²) in [5, 5.41) is 0. The monoisotopic (exact) mass is 213 g/mol. The molecule has 0 bridgehead atoms. The molecule has 0 spiro atoms. The van der Waals surface area contributed by atoms with Gasteiger partial charge in [0.25, 0.3) is 0 Å². The first-order valence-corrected chi connectivity index (χ1v) is 5.72. The zero-order valence-corrected chi connectivity index (χ0v) is 8.34. The van der Waals surface area contributed by atoms with Crippen LogP contribution in [-0.4, -0.2) is 15.6 Å². The van der Waals surface area contributed by atoms with Crippen LogP contribution >= 0.6 is 7.60 Å². The standard InChI is InChI=1S/C9H12NO3P/c10-9(14(11,12)13)7-6-8-4-2-1-3-5-8/h1-7,9H,10H2,(H2,11,12,13)/b7-6+/t9-/m0/s1. The summed E-state index contributed by atoms with van der Waals surface area (Å²) in [6.07, 6.45) is 2.89. The molecule has 0 amide bonds. The van der Waals surface area contributed by atoms with Crippen LogP contribution in [0.3, 0.4) is 0 Å². The highest BCUT2D eigenvalue weighted by atomic mass is 31.2. The fourth-order valence-electron chi connectivity index (χ4n) is 0.886. The van der Waals surface area contributed by atoms with E-state index in [4.69, 9.17) is 15.5 Å². The molecule has 1 aromatic carbocycles. The predicted octanol–water partition coefficient (Wildman–Crippen LogP) is 1.16. The van der Waals surface area contributed by atoms with Gasteiger partial charge in [0.15, 0.2) is 0 Å². The lowest BCUT2D eigenvalue weighted by Gasteiger charge is -2.07. The molecule has 0 saturated carbocycles. The third-order valence-corrected chi connectivity index (χ3v) is 2.62. The fraction of sp³-hybridized carbons (Fsp3) is 0.111. The summed E-state index contributed by atoms with van der Waals surface area (Å²) < 4.78 is 10.7. The van der Waals surface area contributed by atoms with Crippen LogP contribution in [0.2, 0.25) is 0 Å². The van der Waals surface area contributed by atoms with E-state index in [1.54, 1.807) is 6.08 Å². The Morgan fingerprint density at radius 3 is 2.36 bits per heavy atom. The van der Waals surface area contributed by atoms with E-state index in [0.717, 1.165) is 5.56 Å². The van der Waals surface area contributed by atoms with Crippen LogP contribution in [0.4, 0.5) is 0 Å². The average molecular weight is 213 g/mol. The van der Waals surface area contributed by atoms with Crippen molar-refractivity contribution in [3.63, 3.8) is 0 Å². The molecule has 4 nitrogen and oxygen atoms in total. The van der Waals surface area contributed by atoms with Gasteiger partial charge in [-0.2, -0.15) is 0 Å². The maximum Gasteiger partial charge on any atom is 0.346 e. The third-order valence-electron chi connectivity index (χ3n) is 1.67. The van der Waals surface area contributed by atoms with Gasteiger partial charge in [0.1, 0.15) is 5.78 Å². The molecule has 4 N–H and O–H groups in total. The van der Waals surface area contributed by atoms with Crippen molar-refractivity contribution in [2.24, 2.45) is 5.73 Å². The van der Waals surface area contributed by atoms with Gasteiger partial charge in [-0.3, -0.25) is 4.57 Å². The maximum atomic E-state index is 10.7. The van der Waals surface area contributed by atoms with E-state index in [1.165, 1.54) is 6.08 Å². The summed E-state index contributed by atoms with van der Waals surface area (Å²) in [6, 6.07) is 9.18. The van der Waals surface area contributed by atoms with Crippen molar-refractivity contribution in [2.45, 2.75) is 5.78 Å². The first-order valence-electron chi connectivity index (χ1n) is 4.04. The lowest BCUT2D eigenvalue weighted by molar-refractivity contribution is 0.366. The van der Waals surface area contributed by atoms with Gasteiger partial charge in [-0.05, 0) is 5.56 Å². The molecule has 5 heteroatoms. The molecule has 1 rings (SSSR count). The highest BCUT2D eigenvalue weighted by Crippen LogP contribution is 2.38. The quantitative estimate of drug-likeness (QED) is 0.658. The molecule has 0 unspecified atom stereocenters. The lowest BCUT2D eigenvalue weighted by atomic mass is 10.2. The SMILES string of the molecule is N[C@H](/C=C/c1ccccc1)P(=O)(O)O. The molecule has 1 atom stereocenters. The van der Waals surface area contributed by atoms with Crippen molar-refractivity contribution >= 4 is 13.7 Å². The van der Waals surface area contributed by atoms with Crippen molar-refractivity contribution in [2.75, 3.05) is 0 Å². The zero-order chi connectivity index (χ0) is 10.6. The van der Waals surface area contributed by atoms with Crippen molar-refractivity contribution in [3.05, 3.63) is 42.0 Å². The van der Waals surface area contributed by atoms with Gasteiger partial charge in [-0.1, -0.05) is 42.5 Å². The predicted molar refractivity (Wildman–Crippen MR) is 55.5 cm³/mol. The topological polar surface area (TPSA) is 83.6 Å². The molecule has 0 saturated heterocycles. The molecule has 76 valence electrons. The van der Waals surface area contributed by atoms with E-state index in [-0.39, 0.29) is 0 Å². The summed E-state index contributed by atoms with van der Waals surface area (Å²) in [5.41, 5.74) is 6.11. The Balaban J connectivity index is 2.70. The van der Waals surface area contributed by atoms with E-state index in [2.05, 4.69) is 0 Å². The fourth-order valence-corrected chi connectivity index (χ4v) is 1.20. The second-order valence-electron chi connectivity index (χ2n) is 2.85. The summed E-state index contributed by atoms with van der Waals surface area (Å²) in [6.45, 7) is 0. The third kappa shape index (κ3) is 3.44. The Hall–Kier alpha value is -0.930. The average Bonchev–Trinajstić information content (AvgIpc) is 2.14. The Kier molecular flexibility index (Phi) is 3.61. The smallest absolute Gasteiger partial charge is 0.323 e. The number of benzene rings is 1. The van der Waals surface area contributed by atoms with Crippen LogP contribution in [0, 0.1) is 0 Å². The van der Waals surface area contributed by atoms with Crippen LogP contribution in [-0.2, 0) is 4.57 Å². The Labute approximate surface area is 82.2 Å². The summed E-state index contributed by atoms with van der Waals surface area (Å²) in [4.78, 5) is 17.4. The highest BCUT2D eigenvalue weighted by Gasteiger charge is 2.21. The minimum Gasteiger partial charge on any atom is -0.323 e. The van der Waals surface area contributed by atoms with Crippen molar-refractivity contribution in [3.8, 4) is 0 Å². The second-order valence-corrected chi connectivity index (χ2v) is 4.62. The molecule has 0 aromatic heterocycles. The molecule has 0 aliphatic rings. The molecular weight excluding hydrogens is 201 g/mol. The van der Waals surface area contributed by atoms with Crippen LogP contribution in [0.25, 0.3) is 6.08 Å². The van der Waals surface area contributed by atoms with Gasteiger partial charge >= 0.3 is 7.60 Å². The Morgan fingerprint density at radius 2 is 1.86 bits per heavy atom. The van der Waals surface area contributed by atoms with Crippen LogP contribution in [0.15, 0.2) is 36.4 Å². The molecule has 1 aromatic rings. The number of hydrogen-bond acceptors (Lipinski definition) is 2. The van der Waals surface area contributed by atoms with Gasteiger partial charge in [0.2, 0.25) is 0 Å². The van der Waals surface area contributed by atoms with E-state index >= 15 is 0 Å². The lowest BCUT2D eigenvalue weighted by Crippen LogP contribution is -2.16. The van der Waals surface area contributed by atoms with Crippen LogP contribution in [0.5, 0.6) is 0 Å². The normalized spacial score (nSPS) is 14.5. The summed E-state index contributed by atoms with van der Waals surface area (Å²) in [7, 11) is -4.20. The first kappa shape index (κ1) is 11.1. The van der Waals surface area contributed by atoms with Gasteiger partial charge in [0.05, 0.1) is 0 Å². The number of nitrogens with two attached hydrogens (primary N) is 1. The largest absolute Gasteiger partial charge is 0.346 e. The summed E-state index contributed by atoms with van der Waals surface area (Å²) in [5.74, 6) is -1.23. The first-order chi connectivity index (χ1) is 6.50. The molecule has 0 heterocycles. The van der Waals surface area contributed by atoms with E-state index < -0.39 is 13.4 Å². The number of rotatable bonds is 3. The minimum absolute atomic E-state index is 0.858. The minimum atomic E-state index is -4.20. The molecule has 0 aliphatic carbocycles. The van der Waals surface area contributed by atoms with E-state index in [0.29, 0.717) is 0 Å².